The Bertz CT molecular complexity index is 764. The summed E-state index contributed by atoms with van der Waals surface area (Å²) in [5.41, 5.74) is 10.3. The molecule has 0 saturated carbocycles. The molecule has 0 spiro atoms. The molecule has 0 saturated heterocycles. The van der Waals surface area contributed by atoms with Gasteiger partial charge in [0.25, 0.3) is 5.89 Å². The molecule has 100 valence electrons. The normalized spacial score (nSPS) is 10.7. The van der Waals surface area contributed by atoms with Crippen molar-refractivity contribution in [3.8, 4) is 22.8 Å². The van der Waals surface area contributed by atoms with Gasteiger partial charge in [-0.3, -0.25) is 4.98 Å². The van der Waals surface area contributed by atoms with Crippen molar-refractivity contribution >= 4 is 5.69 Å². The lowest BCUT2D eigenvalue weighted by atomic mass is 10.1. The fourth-order valence-corrected chi connectivity index (χ4v) is 1.96. The predicted octanol–water partition coefficient (Wildman–Crippen LogP) is 3.00. The average molecular weight is 266 g/mol. The number of nitrogen functional groups attached to an aromatic ring is 1. The molecule has 0 fully saturated rings. The zero-order valence-electron chi connectivity index (χ0n) is 11.3. The highest BCUT2D eigenvalue weighted by Crippen LogP contribution is 2.25. The van der Waals surface area contributed by atoms with Crippen molar-refractivity contribution < 1.29 is 4.52 Å². The van der Waals surface area contributed by atoms with E-state index in [9.17, 15) is 0 Å². The summed E-state index contributed by atoms with van der Waals surface area (Å²) in [6.45, 7) is 3.93. The Morgan fingerprint density at radius 2 is 1.95 bits per heavy atom. The first kappa shape index (κ1) is 12.3. The molecule has 0 aliphatic rings. The van der Waals surface area contributed by atoms with Crippen LogP contribution >= 0.6 is 0 Å². The summed E-state index contributed by atoms with van der Waals surface area (Å²) in [7, 11) is 0. The van der Waals surface area contributed by atoms with Gasteiger partial charge in [-0.05, 0) is 49.2 Å². The Balaban J connectivity index is 2.02. The Morgan fingerprint density at radius 1 is 1.10 bits per heavy atom. The molecule has 0 amide bonds. The number of benzene rings is 1. The van der Waals surface area contributed by atoms with Gasteiger partial charge in [-0.1, -0.05) is 5.16 Å². The number of nitrogens with two attached hydrogens (primary N) is 1. The predicted molar refractivity (Wildman–Crippen MR) is 76.9 cm³/mol. The summed E-state index contributed by atoms with van der Waals surface area (Å²) in [5.74, 6) is 1.02. The van der Waals surface area contributed by atoms with Gasteiger partial charge in [0, 0.05) is 29.2 Å². The van der Waals surface area contributed by atoms with Crippen molar-refractivity contribution in [2.45, 2.75) is 13.8 Å². The molecule has 0 unspecified atom stereocenters. The van der Waals surface area contributed by atoms with E-state index in [2.05, 4.69) is 15.1 Å². The monoisotopic (exact) mass is 266 g/mol. The van der Waals surface area contributed by atoms with Gasteiger partial charge in [-0.15, -0.1) is 0 Å². The van der Waals surface area contributed by atoms with Crippen molar-refractivity contribution in [3.63, 3.8) is 0 Å². The number of rotatable bonds is 2. The maximum atomic E-state index is 5.81. The summed E-state index contributed by atoms with van der Waals surface area (Å²) >= 11 is 0. The van der Waals surface area contributed by atoms with Crippen molar-refractivity contribution in [1.82, 2.24) is 15.1 Å². The van der Waals surface area contributed by atoms with Gasteiger partial charge in [0.2, 0.25) is 5.82 Å². The lowest BCUT2D eigenvalue weighted by molar-refractivity contribution is 0.432. The van der Waals surface area contributed by atoms with Gasteiger partial charge < -0.3 is 10.3 Å². The molecule has 3 aromatic rings. The van der Waals surface area contributed by atoms with E-state index in [1.54, 1.807) is 12.4 Å². The van der Waals surface area contributed by atoms with Gasteiger partial charge in [-0.25, -0.2) is 0 Å². The van der Waals surface area contributed by atoms with E-state index in [1.807, 2.05) is 38.1 Å². The molecular weight excluding hydrogens is 252 g/mol. The third kappa shape index (κ3) is 2.14. The third-order valence-corrected chi connectivity index (χ3v) is 3.22. The fourth-order valence-electron chi connectivity index (χ4n) is 1.96. The van der Waals surface area contributed by atoms with Crippen LogP contribution in [-0.2, 0) is 0 Å². The molecule has 0 aliphatic carbocycles. The van der Waals surface area contributed by atoms with E-state index in [4.69, 9.17) is 10.3 Å². The summed E-state index contributed by atoms with van der Waals surface area (Å²) in [6, 6.07) is 7.56. The van der Waals surface area contributed by atoms with Gasteiger partial charge in [-0.2, -0.15) is 4.98 Å². The summed E-state index contributed by atoms with van der Waals surface area (Å²) in [5, 5.41) is 4.02. The first-order chi connectivity index (χ1) is 9.65. The summed E-state index contributed by atoms with van der Waals surface area (Å²) < 4.78 is 5.33. The van der Waals surface area contributed by atoms with Crippen LogP contribution in [0.2, 0.25) is 0 Å². The highest BCUT2D eigenvalue weighted by Gasteiger charge is 2.12. The maximum absolute atomic E-state index is 5.81. The van der Waals surface area contributed by atoms with Crippen LogP contribution < -0.4 is 5.73 Å². The Labute approximate surface area is 116 Å². The smallest absolute Gasteiger partial charge is 0.258 e. The van der Waals surface area contributed by atoms with E-state index in [-0.39, 0.29) is 0 Å². The van der Waals surface area contributed by atoms with Crippen molar-refractivity contribution in [1.29, 1.82) is 0 Å². The van der Waals surface area contributed by atoms with Crippen LogP contribution in [0.4, 0.5) is 5.69 Å². The minimum atomic E-state index is 0.478. The lowest BCUT2D eigenvalue weighted by Crippen LogP contribution is -1.90. The number of hydrogen-bond acceptors (Lipinski definition) is 5. The second-order valence-corrected chi connectivity index (χ2v) is 4.69. The van der Waals surface area contributed by atoms with Gasteiger partial charge in [0.05, 0.1) is 0 Å². The summed E-state index contributed by atoms with van der Waals surface area (Å²) in [4.78, 5) is 8.52. The highest BCUT2D eigenvalue weighted by atomic mass is 16.5. The van der Waals surface area contributed by atoms with E-state index < -0.39 is 0 Å². The van der Waals surface area contributed by atoms with E-state index in [0.717, 1.165) is 27.9 Å². The van der Waals surface area contributed by atoms with Crippen LogP contribution in [0, 0.1) is 13.8 Å². The largest absolute Gasteiger partial charge is 0.399 e. The second-order valence-electron chi connectivity index (χ2n) is 4.69. The molecule has 1 aromatic carbocycles. The fraction of sp³-hybridized carbons (Fsp3) is 0.133. The zero-order valence-corrected chi connectivity index (χ0v) is 11.3. The molecule has 0 atom stereocenters. The molecule has 0 bridgehead atoms. The number of aryl methyl sites for hydroxylation is 2. The third-order valence-electron chi connectivity index (χ3n) is 3.22. The average Bonchev–Trinajstić information content (AvgIpc) is 2.92. The molecule has 0 aliphatic heterocycles. The highest BCUT2D eigenvalue weighted by molar-refractivity contribution is 5.64. The van der Waals surface area contributed by atoms with Crippen LogP contribution in [0.15, 0.2) is 41.2 Å². The van der Waals surface area contributed by atoms with Crippen LogP contribution in [0.5, 0.6) is 0 Å². The van der Waals surface area contributed by atoms with E-state index in [1.165, 1.54) is 0 Å². The minimum Gasteiger partial charge on any atom is -0.399 e. The first-order valence-corrected chi connectivity index (χ1v) is 6.26. The molecule has 5 nitrogen and oxygen atoms in total. The lowest BCUT2D eigenvalue weighted by Gasteiger charge is -2.00. The van der Waals surface area contributed by atoms with Crippen LogP contribution in [0.25, 0.3) is 22.8 Å². The number of nitrogens with zero attached hydrogens (tertiary/aromatic N) is 3. The molecular formula is C15H14N4O. The molecule has 2 N–H and O–H groups in total. The molecule has 3 rings (SSSR count). The van der Waals surface area contributed by atoms with Crippen molar-refractivity contribution in [3.05, 3.63) is 47.8 Å². The Kier molecular flexibility index (Phi) is 2.95. The number of hydrogen-bond donors (Lipinski definition) is 1. The quantitative estimate of drug-likeness (QED) is 0.721. The number of aromatic nitrogens is 3. The SMILES string of the molecule is Cc1cc(-c2nc(-c3cnccc3C)no2)ccc1N. The number of pyridine rings is 1. The van der Waals surface area contributed by atoms with Gasteiger partial charge >= 0.3 is 0 Å². The van der Waals surface area contributed by atoms with Crippen LogP contribution in [0.3, 0.4) is 0 Å². The standard InChI is InChI=1S/C15H14N4O/c1-9-5-6-17-8-12(9)14-18-15(20-19-14)11-3-4-13(16)10(2)7-11/h3-8H,16H2,1-2H3. The molecule has 20 heavy (non-hydrogen) atoms. The first-order valence-electron chi connectivity index (χ1n) is 6.26. The molecule has 0 radical (unpaired) electrons. The Morgan fingerprint density at radius 3 is 2.70 bits per heavy atom. The zero-order chi connectivity index (χ0) is 14.1. The Hall–Kier alpha value is -2.69. The summed E-state index contributed by atoms with van der Waals surface area (Å²) in [6.07, 6.45) is 3.47. The van der Waals surface area contributed by atoms with Crippen LogP contribution in [-0.4, -0.2) is 15.1 Å². The molecule has 2 aromatic heterocycles. The van der Waals surface area contributed by atoms with Crippen molar-refractivity contribution in [2.75, 3.05) is 5.73 Å². The van der Waals surface area contributed by atoms with Gasteiger partial charge in [0.15, 0.2) is 0 Å². The van der Waals surface area contributed by atoms with E-state index in [0.29, 0.717) is 11.7 Å². The number of anilines is 1. The second kappa shape index (κ2) is 4.77. The van der Waals surface area contributed by atoms with E-state index >= 15 is 0 Å². The van der Waals surface area contributed by atoms with Crippen molar-refractivity contribution in [2.24, 2.45) is 0 Å². The molecule has 2 heterocycles. The topological polar surface area (TPSA) is 77.8 Å². The van der Waals surface area contributed by atoms with Crippen LogP contribution in [0.1, 0.15) is 11.1 Å². The maximum Gasteiger partial charge on any atom is 0.258 e. The minimum absolute atomic E-state index is 0.478. The molecule has 5 heteroatoms. The van der Waals surface area contributed by atoms with Gasteiger partial charge in [0.1, 0.15) is 0 Å².